The minimum atomic E-state index is 0. The van der Waals surface area contributed by atoms with Crippen molar-refractivity contribution in [1.82, 2.24) is 9.80 Å². The van der Waals surface area contributed by atoms with Crippen molar-refractivity contribution in [3.05, 3.63) is 29.8 Å². The van der Waals surface area contributed by atoms with Gasteiger partial charge in [-0.2, -0.15) is 0 Å². The van der Waals surface area contributed by atoms with E-state index in [4.69, 9.17) is 7.85 Å². The van der Waals surface area contributed by atoms with Crippen molar-refractivity contribution in [2.24, 2.45) is 0 Å². The summed E-state index contributed by atoms with van der Waals surface area (Å²) in [6, 6.07) is 7.70. The van der Waals surface area contributed by atoms with E-state index in [0.29, 0.717) is 11.5 Å². The number of rotatable bonds is 2. The molecule has 1 heterocycles. The normalized spacial score (nSPS) is 15.4. The summed E-state index contributed by atoms with van der Waals surface area (Å²) in [5.41, 5.74) is 1.42. The maximum atomic E-state index is 12.3. The summed E-state index contributed by atoms with van der Waals surface area (Å²) >= 11 is 0. The fourth-order valence-electron chi connectivity index (χ4n) is 2.25. The first-order valence-electron chi connectivity index (χ1n) is 6.47. The van der Waals surface area contributed by atoms with Crippen LogP contribution in [0.25, 0.3) is 0 Å². The number of carbonyl (C=O) groups excluding carboxylic acids is 1. The first-order chi connectivity index (χ1) is 8.58. The van der Waals surface area contributed by atoms with Crippen molar-refractivity contribution < 1.29 is 15.7 Å². The van der Waals surface area contributed by atoms with Gasteiger partial charge < -0.3 is 15.9 Å². The first-order valence-corrected chi connectivity index (χ1v) is 6.47. The van der Waals surface area contributed by atoms with E-state index in [1.165, 1.54) is 0 Å². The molecular formula is C14H23BN2O3. The predicted octanol–water partition coefficient (Wildman–Crippen LogP) is -1.00. The molecule has 2 rings (SSSR count). The molecule has 1 amide bonds. The standard InChI is InChI=1S/C14H19BN2O.2H2O/c1-11(2)16-7-9-17(10-8-16)14(18)12-3-5-13(15)6-4-12;;/h3-6,11H,7-10H2,1-2H3;2*1H2. The lowest BCUT2D eigenvalue weighted by Gasteiger charge is -2.37. The lowest BCUT2D eigenvalue weighted by atomic mass is 9.95. The molecule has 1 aromatic rings. The molecule has 1 fully saturated rings. The van der Waals surface area contributed by atoms with Crippen molar-refractivity contribution in [2.75, 3.05) is 26.2 Å². The number of nitrogens with zero attached hydrogens (tertiary/aromatic N) is 2. The second kappa shape index (κ2) is 8.04. The highest BCUT2D eigenvalue weighted by Crippen LogP contribution is 2.09. The molecule has 4 N–H and O–H groups in total. The summed E-state index contributed by atoms with van der Waals surface area (Å²) in [5, 5.41) is 0. The molecule has 1 saturated heterocycles. The molecule has 0 spiro atoms. The van der Waals surface area contributed by atoms with Crippen molar-refractivity contribution in [3.63, 3.8) is 0 Å². The fraction of sp³-hybridized carbons (Fsp3) is 0.500. The van der Waals surface area contributed by atoms with Gasteiger partial charge in [0.25, 0.3) is 5.91 Å². The Hall–Kier alpha value is -1.37. The van der Waals surface area contributed by atoms with Gasteiger partial charge >= 0.3 is 0 Å². The highest BCUT2D eigenvalue weighted by molar-refractivity contribution is 6.32. The van der Waals surface area contributed by atoms with E-state index in [-0.39, 0.29) is 16.9 Å². The molecule has 6 heteroatoms. The Morgan fingerprint density at radius 3 is 2.00 bits per heavy atom. The van der Waals surface area contributed by atoms with E-state index in [0.717, 1.165) is 31.7 Å². The zero-order valence-corrected chi connectivity index (χ0v) is 12.1. The quantitative estimate of drug-likeness (QED) is 0.649. The van der Waals surface area contributed by atoms with E-state index in [1.807, 2.05) is 4.90 Å². The third-order valence-corrected chi connectivity index (χ3v) is 3.49. The smallest absolute Gasteiger partial charge is 0.253 e. The molecule has 0 bridgehead atoms. The van der Waals surface area contributed by atoms with Crippen molar-refractivity contribution in [1.29, 1.82) is 0 Å². The molecule has 1 aliphatic heterocycles. The van der Waals surface area contributed by atoms with Gasteiger partial charge in [0.2, 0.25) is 0 Å². The van der Waals surface area contributed by atoms with Crippen LogP contribution in [0.4, 0.5) is 0 Å². The van der Waals surface area contributed by atoms with Gasteiger partial charge in [0.1, 0.15) is 7.85 Å². The van der Waals surface area contributed by atoms with Gasteiger partial charge in [-0.3, -0.25) is 9.69 Å². The van der Waals surface area contributed by atoms with Gasteiger partial charge in [-0.15, -0.1) is 0 Å². The molecule has 0 atom stereocenters. The van der Waals surface area contributed by atoms with Crippen LogP contribution in [0, 0.1) is 0 Å². The second-order valence-corrected chi connectivity index (χ2v) is 5.04. The Bertz CT molecular complexity index is 415. The molecule has 1 aromatic carbocycles. The Morgan fingerprint density at radius 1 is 1.05 bits per heavy atom. The van der Waals surface area contributed by atoms with Crippen LogP contribution in [0.1, 0.15) is 24.2 Å². The maximum absolute atomic E-state index is 12.3. The van der Waals surface area contributed by atoms with Gasteiger partial charge in [-0.25, -0.2) is 0 Å². The van der Waals surface area contributed by atoms with Crippen LogP contribution in [0.2, 0.25) is 0 Å². The zero-order valence-electron chi connectivity index (χ0n) is 12.1. The van der Waals surface area contributed by atoms with Crippen LogP contribution >= 0.6 is 0 Å². The van der Waals surface area contributed by atoms with Gasteiger partial charge in [0, 0.05) is 37.8 Å². The zero-order chi connectivity index (χ0) is 13.1. The topological polar surface area (TPSA) is 86.5 Å². The third-order valence-electron chi connectivity index (χ3n) is 3.49. The summed E-state index contributed by atoms with van der Waals surface area (Å²) in [6.07, 6.45) is 0. The van der Waals surface area contributed by atoms with E-state index < -0.39 is 0 Å². The van der Waals surface area contributed by atoms with E-state index >= 15 is 0 Å². The van der Waals surface area contributed by atoms with Crippen molar-refractivity contribution >= 4 is 19.2 Å². The number of hydrogen-bond acceptors (Lipinski definition) is 2. The minimum Gasteiger partial charge on any atom is -0.412 e. The lowest BCUT2D eigenvalue weighted by molar-refractivity contribution is 0.0595. The van der Waals surface area contributed by atoms with Crippen LogP contribution in [-0.2, 0) is 0 Å². The maximum Gasteiger partial charge on any atom is 0.253 e. The monoisotopic (exact) mass is 278 g/mol. The number of amides is 1. The molecule has 0 unspecified atom stereocenters. The van der Waals surface area contributed by atoms with E-state index in [2.05, 4.69) is 18.7 Å². The molecule has 0 aromatic heterocycles. The first kappa shape index (κ1) is 18.6. The van der Waals surface area contributed by atoms with Crippen molar-refractivity contribution in [3.8, 4) is 0 Å². The lowest BCUT2D eigenvalue weighted by Crippen LogP contribution is -2.50. The van der Waals surface area contributed by atoms with Gasteiger partial charge in [0.05, 0.1) is 0 Å². The highest BCUT2D eigenvalue weighted by atomic mass is 16.2. The highest BCUT2D eigenvalue weighted by Gasteiger charge is 2.22. The molecule has 5 nitrogen and oxygen atoms in total. The van der Waals surface area contributed by atoms with Crippen LogP contribution in [-0.4, -0.2) is 66.7 Å². The second-order valence-electron chi connectivity index (χ2n) is 5.04. The van der Waals surface area contributed by atoms with Gasteiger partial charge in [-0.05, 0) is 13.8 Å². The number of hydrogen-bond donors (Lipinski definition) is 0. The minimum absolute atomic E-state index is 0. The summed E-state index contributed by atoms with van der Waals surface area (Å²) in [5.74, 6) is 0.110. The third kappa shape index (κ3) is 4.33. The largest absolute Gasteiger partial charge is 0.412 e. The molecule has 0 aliphatic carbocycles. The number of piperazine rings is 1. The summed E-state index contributed by atoms with van der Waals surface area (Å²) in [7, 11) is 5.63. The number of benzene rings is 1. The summed E-state index contributed by atoms with van der Waals surface area (Å²) in [6.45, 7) is 7.91. The summed E-state index contributed by atoms with van der Waals surface area (Å²) in [4.78, 5) is 16.6. The fourth-order valence-corrected chi connectivity index (χ4v) is 2.25. The molecule has 2 radical (unpaired) electrons. The van der Waals surface area contributed by atoms with Crippen LogP contribution < -0.4 is 5.46 Å². The van der Waals surface area contributed by atoms with Gasteiger partial charge in [-0.1, -0.05) is 29.7 Å². The molecule has 20 heavy (non-hydrogen) atoms. The predicted molar refractivity (Wildman–Crippen MR) is 81.7 cm³/mol. The Morgan fingerprint density at radius 2 is 1.55 bits per heavy atom. The van der Waals surface area contributed by atoms with Crippen LogP contribution in [0.15, 0.2) is 24.3 Å². The van der Waals surface area contributed by atoms with Crippen LogP contribution in [0.5, 0.6) is 0 Å². The summed E-state index contributed by atoms with van der Waals surface area (Å²) < 4.78 is 0. The molecule has 110 valence electrons. The molecule has 0 saturated carbocycles. The number of carbonyl (C=O) groups is 1. The molecular weight excluding hydrogens is 255 g/mol. The average Bonchev–Trinajstić information content (AvgIpc) is 2.39. The average molecular weight is 278 g/mol. The van der Waals surface area contributed by atoms with Gasteiger partial charge in [0.15, 0.2) is 0 Å². The van der Waals surface area contributed by atoms with Crippen molar-refractivity contribution in [2.45, 2.75) is 19.9 Å². The van der Waals surface area contributed by atoms with E-state index in [9.17, 15) is 4.79 Å². The SMILES string of the molecule is O.O.[B]c1ccc(C(=O)N2CCN(C(C)C)CC2)cc1. The molecule has 1 aliphatic rings. The van der Waals surface area contributed by atoms with E-state index in [1.54, 1.807) is 24.3 Å². The Balaban J connectivity index is 0.00000180. The van der Waals surface area contributed by atoms with Crippen LogP contribution in [0.3, 0.4) is 0 Å². The Labute approximate surface area is 121 Å². The Kier molecular flexibility index (Phi) is 7.49.